The summed E-state index contributed by atoms with van der Waals surface area (Å²) in [4.78, 5) is 15.5. The second-order valence-electron chi connectivity index (χ2n) is 14.7. The molecule has 7 nitrogen and oxygen atoms in total. The number of hydrogen-bond acceptors (Lipinski definition) is 5. The average Bonchev–Trinajstić information content (AvgIpc) is 3.96. The number of hydrogen-bond donors (Lipinski definition) is 0. The Labute approximate surface area is 337 Å². The zero-order valence-electron chi connectivity index (χ0n) is 31.4. The zero-order chi connectivity index (χ0) is 39.0. The lowest BCUT2D eigenvalue weighted by molar-refractivity contribution is 0.669. The first-order valence-corrected chi connectivity index (χ1v) is 19.5. The Hall–Kier alpha value is -8.34. The van der Waals surface area contributed by atoms with Gasteiger partial charge in [-0.3, -0.25) is 0 Å². The molecule has 12 rings (SSSR count). The summed E-state index contributed by atoms with van der Waals surface area (Å²) in [5.41, 5.74) is 10.8. The van der Waals surface area contributed by atoms with Crippen molar-refractivity contribution < 1.29 is 4.42 Å². The maximum absolute atomic E-state index is 10.4. The zero-order valence-corrected chi connectivity index (χ0v) is 31.4. The molecular formula is C52H30N6O. The third-order valence-electron chi connectivity index (χ3n) is 11.4. The molecule has 0 spiro atoms. The van der Waals surface area contributed by atoms with Gasteiger partial charge in [0.2, 0.25) is 0 Å². The van der Waals surface area contributed by atoms with E-state index >= 15 is 0 Å². The maximum Gasteiger partial charge on any atom is 0.166 e. The smallest absolute Gasteiger partial charge is 0.166 e. The molecule has 4 aromatic heterocycles. The molecule has 0 aliphatic carbocycles. The number of para-hydroxylation sites is 4. The number of aromatic nitrogens is 5. The highest BCUT2D eigenvalue weighted by atomic mass is 16.3. The summed E-state index contributed by atoms with van der Waals surface area (Å²) < 4.78 is 10.9. The largest absolute Gasteiger partial charge is 0.456 e. The number of nitriles is 1. The summed E-state index contributed by atoms with van der Waals surface area (Å²) in [5, 5.41) is 16.9. The highest BCUT2D eigenvalue weighted by molar-refractivity contribution is 6.26. The van der Waals surface area contributed by atoms with Gasteiger partial charge in [-0.1, -0.05) is 109 Å². The van der Waals surface area contributed by atoms with E-state index in [0.29, 0.717) is 28.6 Å². The van der Waals surface area contributed by atoms with Gasteiger partial charge in [0.1, 0.15) is 11.2 Å². The Morgan fingerprint density at radius 1 is 0.441 bits per heavy atom. The number of furan rings is 1. The van der Waals surface area contributed by atoms with Crippen LogP contribution in [0.2, 0.25) is 0 Å². The molecule has 0 N–H and O–H groups in total. The minimum absolute atomic E-state index is 0.461. The molecule has 7 heteroatoms. The van der Waals surface area contributed by atoms with Crippen LogP contribution in [-0.4, -0.2) is 24.1 Å². The van der Waals surface area contributed by atoms with E-state index in [1.54, 1.807) is 0 Å². The lowest BCUT2D eigenvalue weighted by Gasteiger charge is -2.15. The fourth-order valence-electron chi connectivity index (χ4n) is 8.80. The maximum atomic E-state index is 10.4. The molecular weight excluding hydrogens is 725 g/mol. The Kier molecular flexibility index (Phi) is 7.16. The van der Waals surface area contributed by atoms with Crippen molar-refractivity contribution in [1.29, 1.82) is 5.26 Å². The standard InChI is InChI=1S/C52H30N6O/c53-31-32-23-26-44(58-42-20-10-7-17-36(42)38-25-27-45-48(49(38)58)39-19-8-11-21-43(39)57(45)35-15-5-2-6-16-35)41(29-32)52-55-50(33-13-3-1-4-14-33)54-51(56-52)34-24-28-47-40(30-34)37-18-9-12-22-46(37)59-47/h1-30H. The lowest BCUT2D eigenvalue weighted by Crippen LogP contribution is -2.04. The van der Waals surface area contributed by atoms with Gasteiger partial charge in [0.15, 0.2) is 17.5 Å². The van der Waals surface area contributed by atoms with Crippen LogP contribution in [0.15, 0.2) is 186 Å². The Bertz CT molecular complexity index is 3680. The van der Waals surface area contributed by atoms with Gasteiger partial charge in [-0.15, -0.1) is 0 Å². The minimum Gasteiger partial charge on any atom is -0.456 e. The molecule has 0 aliphatic heterocycles. The number of rotatable bonds is 5. The van der Waals surface area contributed by atoms with E-state index in [4.69, 9.17) is 19.4 Å². The predicted octanol–water partition coefficient (Wildman–Crippen LogP) is 12.8. The van der Waals surface area contributed by atoms with Gasteiger partial charge in [-0.25, -0.2) is 15.0 Å². The van der Waals surface area contributed by atoms with E-state index in [2.05, 4.69) is 112 Å². The van der Waals surface area contributed by atoms with Crippen LogP contribution in [0.1, 0.15) is 5.56 Å². The molecule has 12 aromatic rings. The van der Waals surface area contributed by atoms with Crippen LogP contribution >= 0.6 is 0 Å². The van der Waals surface area contributed by atoms with E-state index in [1.165, 1.54) is 0 Å². The van der Waals surface area contributed by atoms with Gasteiger partial charge in [-0.2, -0.15) is 5.26 Å². The third-order valence-corrected chi connectivity index (χ3v) is 11.4. The summed E-state index contributed by atoms with van der Waals surface area (Å²) in [6.45, 7) is 0. The summed E-state index contributed by atoms with van der Waals surface area (Å²) in [7, 11) is 0. The number of benzene rings is 8. The normalized spacial score (nSPS) is 11.7. The van der Waals surface area contributed by atoms with Gasteiger partial charge in [-0.05, 0) is 72.8 Å². The van der Waals surface area contributed by atoms with Crippen LogP contribution in [0.3, 0.4) is 0 Å². The van der Waals surface area contributed by atoms with E-state index in [1.807, 2.05) is 84.9 Å². The molecule has 8 aromatic carbocycles. The third kappa shape index (κ3) is 5.04. The molecule has 59 heavy (non-hydrogen) atoms. The van der Waals surface area contributed by atoms with Crippen molar-refractivity contribution in [3.8, 4) is 51.6 Å². The van der Waals surface area contributed by atoms with Crippen molar-refractivity contribution in [3.05, 3.63) is 188 Å². The number of nitrogens with zero attached hydrogens (tertiary/aromatic N) is 6. The predicted molar refractivity (Wildman–Crippen MR) is 237 cm³/mol. The summed E-state index contributed by atoms with van der Waals surface area (Å²) >= 11 is 0. The van der Waals surface area contributed by atoms with Gasteiger partial charge >= 0.3 is 0 Å². The highest BCUT2D eigenvalue weighted by Crippen LogP contribution is 2.43. The fourth-order valence-corrected chi connectivity index (χ4v) is 8.80. The molecule has 0 aliphatic rings. The SMILES string of the molecule is N#Cc1ccc(-n2c3ccccc3c3ccc4c(c5ccccc5n4-c4ccccc4)c32)c(-c2nc(-c3ccccc3)nc(-c3ccc4oc5ccccc5c4c3)n2)c1. The minimum atomic E-state index is 0.461. The van der Waals surface area contributed by atoms with Gasteiger partial charge in [0.25, 0.3) is 0 Å². The second kappa shape index (κ2) is 12.8. The van der Waals surface area contributed by atoms with Gasteiger partial charge < -0.3 is 13.6 Å². The number of fused-ring (bicyclic) bond motifs is 10. The molecule has 274 valence electrons. The Balaban J connectivity index is 1.18. The van der Waals surface area contributed by atoms with Crippen molar-refractivity contribution in [2.24, 2.45) is 0 Å². The van der Waals surface area contributed by atoms with Crippen LogP contribution in [0, 0.1) is 11.3 Å². The first-order valence-electron chi connectivity index (χ1n) is 19.5. The van der Waals surface area contributed by atoms with Gasteiger partial charge in [0.05, 0.1) is 39.4 Å². The average molecular weight is 755 g/mol. The quantitative estimate of drug-likeness (QED) is 0.175. The Morgan fingerprint density at radius 2 is 1.08 bits per heavy atom. The van der Waals surface area contributed by atoms with E-state index in [9.17, 15) is 5.26 Å². The van der Waals surface area contributed by atoms with Crippen molar-refractivity contribution in [2.75, 3.05) is 0 Å². The fraction of sp³-hybridized carbons (Fsp3) is 0. The van der Waals surface area contributed by atoms with Crippen molar-refractivity contribution in [3.63, 3.8) is 0 Å². The molecule has 0 bridgehead atoms. The van der Waals surface area contributed by atoms with Crippen LogP contribution < -0.4 is 0 Å². The molecule has 0 fully saturated rings. The molecule has 0 saturated heterocycles. The van der Waals surface area contributed by atoms with Crippen molar-refractivity contribution in [2.45, 2.75) is 0 Å². The second-order valence-corrected chi connectivity index (χ2v) is 14.7. The summed E-state index contributed by atoms with van der Waals surface area (Å²) in [6.07, 6.45) is 0. The van der Waals surface area contributed by atoms with Crippen LogP contribution in [-0.2, 0) is 0 Å². The topological polar surface area (TPSA) is 85.5 Å². The van der Waals surface area contributed by atoms with E-state index in [0.717, 1.165) is 88.1 Å². The molecule has 4 heterocycles. The first-order chi connectivity index (χ1) is 29.2. The summed E-state index contributed by atoms with van der Waals surface area (Å²) in [5.74, 6) is 1.51. The molecule has 0 amide bonds. The van der Waals surface area contributed by atoms with Crippen LogP contribution in [0.25, 0.3) is 111 Å². The van der Waals surface area contributed by atoms with Crippen LogP contribution in [0.5, 0.6) is 0 Å². The Morgan fingerprint density at radius 3 is 1.88 bits per heavy atom. The highest BCUT2D eigenvalue weighted by Gasteiger charge is 2.24. The van der Waals surface area contributed by atoms with Crippen molar-refractivity contribution in [1.82, 2.24) is 24.1 Å². The molecule has 0 radical (unpaired) electrons. The monoisotopic (exact) mass is 754 g/mol. The van der Waals surface area contributed by atoms with E-state index < -0.39 is 0 Å². The first kappa shape index (κ1) is 32.9. The van der Waals surface area contributed by atoms with Crippen molar-refractivity contribution >= 4 is 65.6 Å². The molecule has 0 saturated carbocycles. The van der Waals surface area contributed by atoms with Crippen LogP contribution in [0.4, 0.5) is 0 Å². The molecule has 0 unspecified atom stereocenters. The molecule has 0 atom stereocenters. The lowest BCUT2D eigenvalue weighted by atomic mass is 10.1. The summed E-state index contributed by atoms with van der Waals surface area (Å²) in [6, 6.07) is 64.4. The van der Waals surface area contributed by atoms with Gasteiger partial charge in [0, 0.05) is 54.7 Å². The van der Waals surface area contributed by atoms with E-state index in [-0.39, 0.29) is 0 Å².